The predicted octanol–water partition coefficient (Wildman–Crippen LogP) is 0.429. The van der Waals surface area contributed by atoms with Crippen LogP contribution in [0.5, 0.6) is 5.88 Å². The van der Waals surface area contributed by atoms with Crippen LogP contribution in [0, 0.1) is 0 Å². The Morgan fingerprint density at radius 3 is 2.88 bits per heavy atom. The molecule has 2 rings (SSSR count). The van der Waals surface area contributed by atoms with E-state index in [-0.39, 0.29) is 0 Å². The maximum atomic E-state index is 11.2. The zero-order chi connectivity index (χ0) is 12.3. The molecule has 1 aromatic rings. The minimum Gasteiger partial charge on any atom is -0.481 e. The summed E-state index contributed by atoms with van der Waals surface area (Å²) >= 11 is 0. The number of aryl methyl sites for hydroxylation is 1. The summed E-state index contributed by atoms with van der Waals surface area (Å²) in [6, 6.07) is 2.41. The van der Waals surface area contributed by atoms with Crippen molar-refractivity contribution in [1.29, 1.82) is 0 Å². The molecule has 0 aromatic carbocycles. The van der Waals surface area contributed by atoms with Crippen LogP contribution in [0.4, 0.5) is 0 Å². The molecule has 2 heterocycles. The van der Waals surface area contributed by atoms with Crippen molar-refractivity contribution in [2.24, 2.45) is 7.05 Å². The summed E-state index contributed by atoms with van der Waals surface area (Å²) in [7, 11) is 2.92. The molecular weight excluding hydrogens is 238 g/mol. The fourth-order valence-corrected chi connectivity index (χ4v) is 3.33. The normalized spacial score (nSPS) is 24.8. The number of ether oxygens (including phenoxy) is 1. The maximum absolute atomic E-state index is 11.2. The third-order valence-electron chi connectivity index (χ3n) is 3.06. The fourth-order valence-electron chi connectivity index (χ4n) is 2.03. The molecule has 1 aliphatic rings. The highest BCUT2D eigenvalue weighted by atomic mass is 32.2. The van der Waals surface area contributed by atoms with Gasteiger partial charge in [-0.1, -0.05) is 0 Å². The first kappa shape index (κ1) is 12.6. The average Bonchev–Trinajstić information content (AvgIpc) is 2.69. The lowest BCUT2D eigenvalue weighted by atomic mass is 10.1. The lowest BCUT2D eigenvalue weighted by molar-refractivity contribution is 0.373. The van der Waals surface area contributed by atoms with Gasteiger partial charge < -0.3 is 10.1 Å². The molecule has 0 unspecified atom stereocenters. The van der Waals surface area contributed by atoms with E-state index in [1.54, 1.807) is 11.8 Å². The van der Waals surface area contributed by atoms with Gasteiger partial charge in [-0.25, -0.2) is 4.68 Å². The van der Waals surface area contributed by atoms with Crippen molar-refractivity contribution in [1.82, 2.24) is 15.1 Å². The Hall–Kier alpha value is -0.880. The number of methoxy groups -OCH3 is 1. The number of nitrogens with zero attached hydrogens (tertiary/aromatic N) is 2. The summed E-state index contributed by atoms with van der Waals surface area (Å²) in [6.07, 6.45) is 1.99. The molecule has 0 amide bonds. The fraction of sp³-hybridized carbons (Fsp3) is 0.727. The summed E-state index contributed by atoms with van der Waals surface area (Å²) in [5, 5.41) is 7.81. The van der Waals surface area contributed by atoms with Crippen molar-refractivity contribution in [3.8, 4) is 5.88 Å². The van der Waals surface area contributed by atoms with Crippen molar-refractivity contribution in [3.63, 3.8) is 0 Å². The molecule has 96 valence electrons. The molecule has 1 saturated heterocycles. The molecule has 6 heteroatoms. The summed E-state index contributed by atoms with van der Waals surface area (Å²) in [4.78, 5) is 0. The van der Waals surface area contributed by atoms with Crippen LogP contribution in [0.2, 0.25) is 0 Å². The van der Waals surface area contributed by atoms with E-state index in [0.717, 1.165) is 42.5 Å². The van der Waals surface area contributed by atoms with E-state index in [4.69, 9.17) is 4.74 Å². The van der Waals surface area contributed by atoms with Gasteiger partial charge in [0.05, 0.1) is 12.8 Å². The summed E-state index contributed by atoms with van der Waals surface area (Å²) in [5.41, 5.74) is 0.982. The third-order valence-corrected chi connectivity index (χ3v) is 4.44. The molecular formula is C11H19N3O2S. The Balaban J connectivity index is 1.83. The second-order valence-electron chi connectivity index (χ2n) is 4.30. The van der Waals surface area contributed by atoms with Crippen LogP contribution in [-0.2, 0) is 24.4 Å². The molecule has 0 spiro atoms. The van der Waals surface area contributed by atoms with Gasteiger partial charge in [0, 0.05) is 48.0 Å². The maximum Gasteiger partial charge on any atom is 0.211 e. The Labute approximate surface area is 104 Å². The lowest BCUT2D eigenvalue weighted by Crippen LogP contribution is -2.35. The standard InChI is InChI=1S/C11H19N3O2S/c1-14-11(16-2)7-10(13-14)8-12-9-3-5-17(15)6-4-9/h7,9,12H,3-6,8H2,1-2H3. The van der Waals surface area contributed by atoms with Crippen LogP contribution < -0.4 is 10.1 Å². The summed E-state index contributed by atoms with van der Waals surface area (Å²) < 4.78 is 18.1. The quantitative estimate of drug-likeness (QED) is 0.850. The van der Waals surface area contributed by atoms with E-state index >= 15 is 0 Å². The van der Waals surface area contributed by atoms with E-state index in [1.807, 2.05) is 13.1 Å². The molecule has 5 nitrogen and oxygen atoms in total. The predicted molar refractivity (Wildman–Crippen MR) is 67.5 cm³/mol. The lowest BCUT2D eigenvalue weighted by Gasteiger charge is -2.22. The second-order valence-corrected chi connectivity index (χ2v) is 6.00. The van der Waals surface area contributed by atoms with Crippen LogP contribution in [0.3, 0.4) is 0 Å². The van der Waals surface area contributed by atoms with Crippen molar-refractivity contribution in [2.75, 3.05) is 18.6 Å². The van der Waals surface area contributed by atoms with Crippen LogP contribution in [0.1, 0.15) is 18.5 Å². The van der Waals surface area contributed by atoms with Crippen molar-refractivity contribution >= 4 is 10.8 Å². The molecule has 1 aromatic heterocycles. The Morgan fingerprint density at radius 1 is 1.59 bits per heavy atom. The molecule has 1 aliphatic heterocycles. The second kappa shape index (κ2) is 5.64. The Kier molecular flexibility index (Phi) is 4.17. The van der Waals surface area contributed by atoms with E-state index in [9.17, 15) is 4.21 Å². The number of nitrogens with one attached hydrogen (secondary N) is 1. The minimum atomic E-state index is -0.590. The molecule has 0 bridgehead atoms. The average molecular weight is 257 g/mol. The zero-order valence-corrected chi connectivity index (χ0v) is 11.1. The highest BCUT2D eigenvalue weighted by Gasteiger charge is 2.17. The number of aromatic nitrogens is 2. The molecule has 0 atom stereocenters. The zero-order valence-electron chi connectivity index (χ0n) is 10.3. The SMILES string of the molecule is COc1cc(CNC2CCS(=O)CC2)nn1C. The summed E-state index contributed by atoms with van der Waals surface area (Å²) in [6.45, 7) is 0.745. The van der Waals surface area contributed by atoms with E-state index < -0.39 is 10.8 Å². The third kappa shape index (κ3) is 3.29. The molecule has 1 N–H and O–H groups in total. The van der Waals surface area contributed by atoms with E-state index in [1.165, 1.54) is 0 Å². The highest BCUT2D eigenvalue weighted by molar-refractivity contribution is 7.85. The van der Waals surface area contributed by atoms with Crippen molar-refractivity contribution < 1.29 is 8.95 Å². The van der Waals surface area contributed by atoms with Crippen molar-refractivity contribution in [2.45, 2.75) is 25.4 Å². The van der Waals surface area contributed by atoms with Gasteiger partial charge >= 0.3 is 0 Å². The Morgan fingerprint density at radius 2 is 2.29 bits per heavy atom. The first-order chi connectivity index (χ1) is 8.19. The number of hydrogen-bond acceptors (Lipinski definition) is 4. The van der Waals surface area contributed by atoms with E-state index in [2.05, 4.69) is 10.4 Å². The largest absolute Gasteiger partial charge is 0.481 e. The van der Waals surface area contributed by atoms with Gasteiger partial charge in [-0.3, -0.25) is 4.21 Å². The van der Waals surface area contributed by atoms with Crippen LogP contribution in [0.25, 0.3) is 0 Å². The van der Waals surface area contributed by atoms with Gasteiger partial charge in [-0.2, -0.15) is 5.10 Å². The molecule has 1 fully saturated rings. The van der Waals surface area contributed by atoms with Crippen LogP contribution in [0.15, 0.2) is 6.07 Å². The van der Waals surface area contributed by atoms with Gasteiger partial charge in [-0.05, 0) is 12.8 Å². The van der Waals surface area contributed by atoms with Gasteiger partial charge in [0.2, 0.25) is 5.88 Å². The first-order valence-electron chi connectivity index (χ1n) is 5.84. The van der Waals surface area contributed by atoms with Gasteiger partial charge in [0.25, 0.3) is 0 Å². The number of rotatable bonds is 4. The topological polar surface area (TPSA) is 56.1 Å². The van der Waals surface area contributed by atoms with E-state index in [0.29, 0.717) is 6.04 Å². The number of hydrogen-bond donors (Lipinski definition) is 1. The van der Waals surface area contributed by atoms with Gasteiger partial charge in [0.1, 0.15) is 0 Å². The monoisotopic (exact) mass is 257 g/mol. The van der Waals surface area contributed by atoms with Gasteiger partial charge in [0.15, 0.2) is 0 Å². The molecule has 17 heavy (non-hydrogen) atoms. The van der Waals surface area contributed by atoms with Gasteiger partial charge in [-0.15, -0.1) is 0 Å². The summed E-state index contributed by atoms with van der Waals surface area (Å²) in [5.74, 6) is 2.42. The van der Waals surface area contributed by atoms with Crippen LogP contribution in [-0.4, -0.2) is 38.6 Å². The minimum absolute atomic E-state index is 0.473. The first-order valence-corrected chi connectivity index (χ1v) is 7.33. The molecule has 0 radical (unpaired) electrons. The van der Waals surface area contributed by atoms with Crippen molar-refractivity contribution in [3.05, 3.63) is 11.8 Å². The Bertz CT molecular complexity index is 395. The molecule has 0 saturated carbocycles. The van der Waals surface area contributed by atoms with Crippen LogP contribution >= 0.6 is 0 Å². The molecule has 0 aliphatic carbocycles. The smallest absolute Gasteiger partial charge is 0.211 e. The highest BCUT2D eigenvalue weighted by Crippen LogP contribution is 2.13.